The van der Waals surface area contributed by atoms with Crippen molar-refractivity contribution >= 4 is 5.69 Å². The van der Waals surface area contributed by atoms with E-state index in [0.29, 0.717) is 11.8 Å². The Morgan fingerprint density at radius 3 is 2.57 bits per heavy atom. The second-order valence-electron chi connectivity index (χ2n) is 6.36. The van der Waals surface area contributed by atoms with Crippen LogP contribution in [0, 0.1) is 12.8 Å². The van der Waals surface area contributed by atoms with E-state index < -0.39 is 0 Å². The summed E-state index contributed by atoms with van der Waals surface area (Å²) < 4.78 is 11.4. The van der Waals surface area contributed by atoms with Crippen molar-refractivity contribution in [3.8, 4) is 5.75 Å². The predicted molar refractivity (Wildman–Crippen MR) is 89.6 cm³/mol. The molecule has 0 spiro atoms. The average Bonchev–Trinajstić information content (AvgIpc) is 3.02. The van der Waals surface area contributed by atoms with E-state index >= 15 is 0 Å². The van der Waals surface area contributed by atoms with E-state index in [1.165, 1.54) is 32.1 Å². The fraction of sp³-hybridized carbons (Fsp3) is 0.556. The fourth-order valence-electron chi connectivity index (χ4n) is 3.01. The second-order valence-corrected chi connectivity index (χ2v) is 6.36. The van der Waals surface area contributed by atoms with Crippen molar-refractivity contribution in [2.45, 2.75) is 52.0 Å². The zero-order valence-electron chi connectivity index (χ0n) is 13.9. The maximum atomic E-state index is 5.92. The van der Waals surface area contributed by atoms with Gasteiger partial charge in [0.1, 0.15) is 11.8 Å². The van der Waals surface area contributed by atoms with Crippen LogP contribution in [0.1, 0.15) is 56.9 Å². The number of hydrogen-bond acceptors (Lipinski definition) is 5. The van der Waals surface area contributed by atoms with E-state index in [1.807, 2.05) is 31.2 Å². The van der Waals surface area contributed by atoms with Crippen LogP contribution in [0.4, 0.5) is 5.69 Å². The third-order valence-electron chi connectivity index (χ3n) is 4.36. The number of ether oxygens (including phenoxy) is 1. The number of rotatable bonds is 6. The second kappa shape index (κ2) is 7.49. The van der Waals surface area contributed by atoms with Crippen molar-refractivity contribution < 1.29 is 9.15 Å². The predicted octanol–water partition coefficient (Wildman–Crippen LogP) is 4.51. The summed E-state index contributed by atoms with van der Waals surface area (Å²) >= 11 is 0. The molecule has 124 valence electrons. The molecule has 1 fully saturated rings. The molecule has 0 saturated heterocycles. The Balaban J connectivity index is 1.50. The molecule has 1 aromatic carbocycles. The molecule has 1 aliphatic carbocycles. The van der Waals surface area contributed by atoms with E-state index in [2.05, 4.69) is 15.5 Å². The van der Waals surface area contributed by atoms with Gasteiger partial charge >= 0.3 is 0 Å². The molecule has 2 aromatic rings. The van der Waals surface area contributed by atoms with Crippen molar-refractivity contribution in [1.29, 1.82) is 0 Å². The van der Waals surface area contributed by atoms with Crippen molar-refractivity contribution in [2.24, 2.45) is 5.92 Å². The van der Waals surface area contributed by atoms with Crippen LogP contribution < -0.4 is 10.1 Å². The van der Waals surface area contributed by atoms with Gasteiger partial charge in [-0.25, -0.2) is 0 Å². The molecule has 0 aliphatic heterocycles. The highest BCUT2D eigenvalue weighted by Gasteiger charge is 2.14. The molecule has 1 N–H and O–H groups in total. The van der Waals surface area contributed by atoms with Crippen molar-refractivity contribution in [2.75, 3.05) is 11.9 Å². The Morgan fingerprint density at radius 2 is 1.91 bits per heavy atom. The van der Waals surface area contributed by atoms with Gasteiger partial charge in [-0.2, -0.15) is 0 Å². The van der Waals surface area contributed by atoms with Gasteiger partial charge in [0.2, 0.25) is 11.8 Å². The monoisotopic (exact) mass is 315 g/mol. The maximum absolute atomic E-state index is 5.92. The summed E-state index contributed by atoms with van der Waals surface area (Å²) in [5.74, 6) is 2.84. The minimum Gasteiger partial charge on any atom is -0.493 e. The summed E-state index contributed by atoms with van der Waals surface area (Å²) in [6, 6.07) is 8.05. The van der Waals surface area contributed by atoms with Crippen LogP contribution in [-0.4, -0.2) is 16.8 Å². The standard InChI is InChI=1S/C18H25N3O2/c1-13(18-21-20-14(2)23-18)19-16-8-10-17(11-9-16)22-12-15-6-4-3-5-7-15/h8-11,13,15,19H,3-7,12H2,1-2H3/t13-/m0/s1. The van der Waals surface area contributed by atoms with E-state index in [9.17, 15) is 0 Å². The zero-order valence-corrected chi connectivity index (χ0v) is 13.9. The molecule has 0 radical (unpaired) electrons. The molecular weight excluding hydrogens is 290 g/mol. The van der Waals surface area contributed by atoms with Crippen molar-refractivity contribution in [3.63, 3.8) is 0 Å². The molecule has 0 bridgehead atoms. The van der Waals surface area contributed by atoms with Crippen molar-refractivity contribution in [3.05, 3.63) is 36.0 Å². The Morgan fingerprint density at radius 1 is 1.17 bits per heavy atom. The van der Waals surface area contributed by atoms with Crippen LogP contribution in [0.5, 0.6) is 5.75 Å². The highest BCUT2D eigenvalue weighted by molar-refractivity contribution is 5.47. The lowest BCUT2D eigenvalue weighted by Gasteiger charge is -2.21. The molecule has 1 saturated carbocycles. The first-order chi connectivity index (χ1) is 11.2. The minimum atomic E-state index is -0.0230. The third-order valence-corrected chi connectivity index (χ3v) is 4.36. The first-order valence-electron chi connectivity index (χ1n) is 8.50. The van der Waals surface area contributed by atoms with E-state index in [4.69, 9.17) is 9.15 Å². The van der Waals surface area contributed by atoms with Crippen LogP contribution >= 0.6 is 0 Å². The molecule has 1 heterocycles. The van der Waals surface area contributed by atoms with Crippen LogP contribution in [0.15, 0.2) is 28.7 Å². The number of anilines is 1. The van der Waals surface area contributed by atoms with Gasteiger partial charge in [0.25, 0.3) is 0 Å². The Labute approximate surface area is 137 Å². The number of aromatic nitrogens is 2. The number of hydrogen-bond donors (Lipinski definition) is 1. The summed E-state index contributed by atoms with van der Waals surface area (Å²) in [7, 11) is 0. The van der Waals surface area contributed by atoms with Gasteiger partial charge < -0.3 is 14.5 Å². The van der Waals surface area contributed by atoms with Crippen LogP contribution in [0.25, 0.3) is 0 Å². The molecular formula is C18H25N3O2. The largest absolute Gasteiger partial charge is 0.493 e. The van der Waals surface area contributed by atoms with E-state index in [-0.39, 0.29) is 6.04 Å². The summed E-state index contributed by atoms with van der Waals surface area (Å²) in [4.78, 5) is 0. The summed E-state index contributed by atoms with van der Waals surface area (Å²) in [5.41, 5.74) is 1.01. The molecule has 1 aromatic heterocycles. The molecule has 0 amide bonds. The molecule has 5 nitrogen and oxygen atoms in total. The normalized spacial score (nSPS) is 17.0. The van der Waals surface area contributed by atoms with E-state index in [1.54, 1.807) is 6.92 Å². The molecule has 3 rings (SSSR count). The van der Waals surface area contributed by atoms with Gasteiger partial charge in [-0.1, -0.05) is 19.3 Å². The molecule has 5 heteroatoms. The summed E-state index contributed by atoms with van der Waals surface area (Å²) in [6.45, 7) is 4.63. The average molecular weight is 315 g/mol. The van der Waals surface area contributed by atoms with Gasteiger partial charge in [-0.3, -0.25) is 0 Å². The lowest BCUT2D eigenvalue weighted by Crippen LogP contribution is -2.15. The maximum Gasteiger partial charge on any atom is 0.238 e. The fourth-order valence-corrected chi connectivity index (χ4v) is 3.01. The Kier molecular flexibility index (Phi) is 5.16. The van der Waals surface area contributed by atoms with Gasteiger partial charge in [0.15, 0.2) is 0 Å². The molecule has 1 aliphatic rings. The summed E-state index contributed by atoms with van der Waals surface area (Å²) in [5, 5.41) is 11.2. The molecule has 1 atom stereocenters. The topological polar surface area (TPSA) is 60.2 Å². The number of benzene rings is 1. The third kappa shape index (κ3) is 4.47. The molecule has 23 heavy (non-hydrogen) atoms. The smallest absolute Gasteiger partial charge is 0.238 e. The lowest BCUT2D eigenvalue weighted by molar-refractivity contribution is 0.209. The SMILES string of the molecule is Cc1nnc([C@H](C)Nc2ccc(OCC3CCCCC3)cc2)o1. The quantitative estimate of drug-likeness (QED) is 0.850. The van der Waals surface area contributed by atoms with Gasteiger partial charge in [0.05, 0.1) is 6.61 Å². The highest BCUT2D eigenvalue weighted by atomic mass is 16.5. The van der Waals surface area contributed by atoms with Crippen LogP contribution in [-0.2, 0) is 0 Å². The Hall–Kier alpha value is -2.04. The minimum absolute atomic E-state index is 0.0230. The van der Waals surface area contributed by atoms with Gasteiger partial charge in [-0.15, -0.1) is 10.2 Å². The molecule has 0 unspecified atom stereocenters. The lowest BCUT2D eigenvalue weighted by atomic mass is 9.90. The van der Waals surface area contributed by atoms with Crippen LogP contribution in [0.3, 0.4) is 0 Å². The van der Waals surface area contributed by atoms with E-state index in [0.717, 1.165) is 24.0 Å². The summed E-state index contributed by atoms with van der Waals surface area (Å²) in [6.07, 6.45) is 6.70. The van der Waals surface area contributed by atoms with Crippen molar-refractivity contribution in [1.82, 2.24) is 10.2 Å². The Bertz CT molecular complexity index is 603. The highest BCUT2D eigenvalue weighted by Crippen LogP contribution is 2.25. The number of aryl methyl sites for hydroxylation is 1. The number of nitrogens with one attached hydrogen (secondary N) is 1. The van der Waals surface area contributed by atoms with Crippen LogP contribution in [0.2, 0.25) is 0 Å². The van der Waals surface area contributed by atoms with Gasteiger partial charge in [0, 0.05) is 12.6 Å². The van der Waals surface area contributed by atoms with Gasteiger partial charge in [-0.05, 0) is 49.9 Å². The first kappa shape index (κ1) is 15.8. The number of nitrogens with zero attached hydrogens (tertiary/aromatic N) is 2. The first-order valence-corrected chi connectivity index (χ1v) is 8.50. The zero-order chi connectivity index (χ0) is 16.1.